The molecule has 0 heterocycles. The number of benzene rings is 2. The zero-order valence-corrected chi connectivity index (χ0v) is 13.6. The van der Waals surface area contributed by atoms with Gasteiger partial charge < -0.3 is 20.7 Å². The molecule has 2 atom stereocenters. The Morgan fingerprint density at radius 2 is 0.909 bits per heavy atom. The maximum Gasteiger partial charge on any atom is 0.230 e. The van der Waals surface area contributed by atoms with Gasteiger partial charge in [-0.1, -0.05) is 36.4 Å². The second-order valence-corrected chi connectivity index (χ2v) is 9.25. The summed E-state index contributed by atoms with van der Waals surface area (Å²) in [4.78, 5) is 20.0. The third-order valence-electron chi connectivity index (χ3n) is 3.03. The van der Waals surface area contributed by atoms with Crippen molar-refractivity contribution in [3.05, 3.63) is 60.7 Å². The molecule has 2 unspecified atom stereocenters. The van der Waals surface area contributed by atoms with E-state index in [9.17, 15) is 18.9 Å². The number of rotatable bonds is 5. The van der Waals surface area contributed by atoms with Gasteiger partial charge in [0.25, 0.3) is 0 Å². The fraction of sp³-hybridized carbons (Fsp3) is 0.143. The highest BCUT2D eigenvalue weighted by molar-refractivity contribution is 7.70. The lowest BCUT2D eigenvalue weighted by Gasteiger charge is -2.15. The van der Waals surface area contributed by atoms with Crippen molar-refractivity contribution in [1.29, 1.82) is 0 Å². The van der Waals surface area contributed by atoms with E-state index in [1.807, 2.05) is 0 Å². The highest BCUT2D eigenvalue weighted by Crippen LogP contribution is 2.46. The second-order valence-electron chi connectivity index (χ2n) is 4.52. The summed E-state index contributed by atoms with van der Waals surface area (Å²) in [6.07, 6.45) is -0.417. The van der Waals surface area contributed by atoms with Crippen molar-refractivity contribution in [2.24, 2.45) is 0 Å². The van der Waals surface area contributed by atoms with Gasteiger partial charge in [0.2, 0.25) is 14.7 Å². The molecule has 0 amide bonds. The zero-order chi connectivity index (χ0) is 14.6. The van der Waals surface area contributed by atoms with E-state index in [1.54, 1.807) is 60.7 Å². The molecule has 0 spiro atoms. The van der Waals surface area contributed by atoms with Crippen LogP contribution >= 0.6 is 14.7 Å². The van der Waals surface area contributed by atoms with E-state index in [1.165, 1.54) is 0 Å². The van der Waals surface area contributed by atoms with Crippen LogP contribution in [-0.4, -0.2) is 33.1 Å². The van der Waals surface area contributed by atoms with Crippen LogP contribution in [0.15, 0.2) is 60.7 Å². The number of hydrogen-bond donors (Lipinski definition) is 2. The normalized spacial score (nSPS) is 15.5. The second kappa shape index (κ2) is 8.39. The van der Waals surface area contributed by atoms with Crippen molar-refractivity contribution in [2.75, 3.05) is 12.3 Å². The van der Waals surface area contributed by atoms with Crippen LogP contribution in [0.1, 0.15) is 0 Å². The van der Waals surface area contributed by atoms with E-state index in [0.29, 0.717) is 10.6 Å². The summed E-state index contributed by atoms with van der Waals surface area (Å²) in [6, 6.07) is 16.5. The van der Waals surface area contributed by atoms with Crippen LogP contribution in [-0.2, 0) is 9.13 Å². The third kappa shape index (κ3) is 5.18. The molecule has 2 aromatic rings. The zero-order valence-electron chi connectivity index (χ0n) is 11.8. The summed E-state index contributed by atoms with van der Waals surface area (Å²) in [7, 11) is -7.19. The molecule has 0 aliphatic heterocycles. The summed E-state index contributed by atoms with van der Waals surface area (Å²) < 4.78 is 24.4. The lowest BCUT2D eigenvalue weighted by Crippen LogP contribution is -2.13. The van der Waals surface area contributed by atoms with Crippen molar-refractivity contribution < 1.29 is 29.9 Å². The fourth-order valence-electron chi connectivity index (χ4n) is 1.85. The molecule has 8 heteroatoms. The summed E-state index contributed by atoms with van der Waals surface area (Å²) >= 11 is 0. The SMILES string of the molecule is O.O.O=P(O)(CCP(=O)(O)c1ccccc1)c1ccccc1. The maximum atomic E-state index is 12.2. The van der Waals surface area contributed by atoms with E-state index in [4.69, 9.17) is 0 Å². The van der Waals surface area contributed by atoms with Gasteiger partial charge >= 0.3 is 0 Å². The molecular weight excluding hydrogens is 326 g/mol. The molecule has 2 rings (SSSR count). The van der Waals surface area contributed by atoms with Crippen molar-refractivity contribution >= 4 is 25.3 Å². The van der Waals surface area contributed by atoms with E-state index >= 15 is 0 Å². The molecule has 6 N–H and O–H groups in total. The Labute approximate surface area is 129 Å². The highest BCUT2D eigenvalue weighted by atomic mass is 31.2. The lowest BCUT2D eigenvalue weighted by atomic mass is 10.4. The Morgan fingerprint density at radius 3 is 1.18 bits per heavy atom. The molecule has 6 nitrogen and oxygen atoms in total. The molecule has 0 aliphatic carbocycles. The molecule has 0 saturated carbocycles. The van der Waals surface area contributed by atoms with Gasteiger partial charge in [-0.25, -0.2) is 0 Å². The molecular formula is C14H20O6P2. The van der Waals surface area contributed by atoms with Crippen LogP contribution in [0.4, 0.5) is 0 Å². The molecule has 0 saturated heterocycles. The van der Waals surface area contributed by atoms with Gasteiger partial charge in [-0.15, -0.1) is 0 Å². The fourth-order valence-corrected chi connectivity index (χ4v) is 5.81. The predicted octanol–water partition coefficient (Wildman–Crippen LogP) is 0.529. The smallest absolute Gasteiger partial charge is 0.230 e. The molecule has 0 aliphatic rings. The molecule has 0 fully saturated rings. The topological polar surface area (TPSA) is 138 Å². The van der Waals surface area contributed by atoms with Crippen LogP contribution in [0.3, 0.4) is 0 Å². The van der Waals surface area contributed by atoms with E-state index in [2.05, 4.69) is 0 Å². The summed E-state index contributed by atoms with van der Waals surface area (Å²) in [6.45, 7) is 0. The third-order valence-corrected chi connectivity index (χ3v) is 7.25. The Kier molecular flexibility index (Phi) is 7.91. The van der Waals surface area contributed by atoms with Crippen molar-refractivity contribution in [2.45, 2.75) is 0 Å². The van der Waals surface area contributed by atoms with Crippen LogP contribution in [0, 0.1) is 0 Å². The monoisotopic (exact) mass is 346 g/mol. The Morgan fingerprint density at radius 1 is 0.636 bits per heavy atom. The minimum Gasteiger partial charge on any atom is -0.412 e. The molecule has 0 aromatic heterocycles. The Bertz CT molecular complexity index is 600. The molecule has 0 bridgehead atoms. The first-order valence-electron chi connectivity index (χ1n) is 6.17. The quantitative estimate of drug-likeness (QED) is 0.763. The van der Waals surface area contributed by atoms with Gasteiger partial charge in [0.1, 0.15) is 0 Å². The molecule has 122 valence electrons. The highest BCUT2D eigenvalue weighted by Gasteiger charge is 2.28. The first-order valence-corrected chi connectivity index (χ1v) is 9.86. The van der Waals surface area contributed by atoms with E-state index < -0.39 is 14.7 Å². The van der Waals surface area contributed by atoms with Gasteiger partial charge in [0.05, 0.1) is 0 Å². The van der Waals surface area contributed by atoms with Crippen molar-refractivity contribution in [1.82, 2.24) is 0 Å². The van der Waals surface area contributed by atoms with Crippen LogP contribution in [0.2, 0.25) is 0 Å². The summed E-state index contributed by atoms with van der Waals surface area (Å²) in [5, 5.41) is 0.626. The van der Waals surface area contributed by atoms with E-state index in [0.717, 1.165) is 0 Å². The van der Waals surface area contributed by atoms with Crippen molar-refractivity contribution in [3.63, 3.8) is 0 Å². The van der Waals surface area contributed by atoms with Crippen LogP contribution in [0.25, 0.3) is 0 Å². The minimum absolute atomic E-state index is 0. The Hall–Kier alpha value is -1.26. The maximum absolute atomic E-state index is 12.2. The molecule has 0 radical (unpaired) electrons. The Balaban J connectivity index is 0.00000220. The van der Waals surface area contributed by atoms with Gasteiger partial charge in [-0.3, -0.25) is 9.13 Å². The van der Waals surface area contributed by atoms with Gasteiger partial charge in [-0.05, 0) is 24.3 Å². The molecule has 2 aromatic carbocycles. The first kappa shape index (κ1) is 20.7. The van der Waals surface area contributed by atoms with Gasteiger partial charge in [-0.2, -0.15) is 0 Å². The standard InChI is InChI=1S/C14H16O4P2.2H2O/c15-19(16,13-7-3-1-4-8-13)11-12-20(17,18)14-9-5-2-6-10-14;;/h1-10H,11-12H2,(H,15,16)(H,17,18);2*1H2. The lowest BCUT2D eigenvalue weighted by molar-refractivity contribution is 0.480. The van der Waals surface area contributed by atoms with Crippen LogP contribution in [0.5, 0.6) is 0 Å². The molecule has 22 heavy (non-hydrogen) atoms. The van der Waals surface area contributed by atoms with E-state index in [-0.39, 0.29) is 23.3 Å². The van der Waals surface area contributed by atoms with Gasteiger partial charge in [0, 0.05) is 22.9 Å². The van der Waals surface area contributed by atoms with Gasteiger partial charge in [0.15, 0.2) is 0 Å². The predicted molar refractivity (Wildman–Crippen MR) is 88.8 cm³/mol. The minimum atomic E-state index is -3.59. The summed E-state index contributed by atoms with van der Waals surface area (Å²) in [5.41, 5.74) is 0. The number of hydrogen-bond acceptors (Lipinski definition) is 2. The largest absolute Gasteiger partial charge is 0.412 e. The van der Waals surface area contributed by atoms with Crippen LogP contribution < -0.4 is 10.6 Å². The average molecular weight is 346 g/mol. The first-order chi connectivity index (χ1) is 9.42. The van der Waals surface area contributed by atoms with Crippen molar-refractivity contribution in [3.8, 4) is 0 Å². The average Bonchev–Trinajstić information content (AvgIpc) is 2.47. The summed E-state index contributed by atoms with van der Waals surface area (Å²) in [5.74, 6) is 0.